The topological polar surface area (TPSA) is 40.5 Å². The molecular weight excluding hydrogens is 166 g/mol. The van der Waals surface area contributed by atoms with Crippen molar-refractivity contribution >= 4 is 6.09 Å². The molecule has 1 saturated heterocycles. The predicted molar refractivity (Wildman–Crippen MR) is 51.9 cm³/mol. The van der Waals surface area contributed by atoms with E-state index in [1.807, 2.05) is 0 Å². The van der Waals surface area contributed by atoms with Crippen LogP contribution in [0.3, 0.4) is 0 Å². The van der Waals surface area contributed by atoms with Crippen LogP contribution in [0.15, 0.2) is 0 Å². The maximum atomic E-state index is 10.9. The molecule has 3 nitrogen and oxygen atoms in total. The van der Waals surface area contributed by atoms with Crippen molar-refractivity contribution < 1.29 is 9.90 Å². The molecule has 13 heavy (non-hydrogen) atoms. The van der Waals surface area contributed by atoms with E-state index in [0.717, 1.165) is 32.2 Å². The number of amides is 1. The Labute approximate surface area is 79.7 Å². The molecule has 1 atom stereocenters. The molecule has 1 amide bonds. The van der Waals surface area contributed by atoms with Crippen LogP contribution in [0.2, 0.25) is 0 Å². The van der Waals surface area contributed by atoms with Crippen molar-refractivity contribution in [3.05, 3.63) is 0 Å². The van der Waals surface area contributed by atoms with Crippen molar-refractivity contribution in [2.24, 2.45) is 0 Å². The predicted octanol–water partition coefficient (Wildman–Crippen LogP) is 2.71. The second kappa shape index (κ2) is 5.10. The molecule has 0 aromatic heterocycles. The van der Waals surface area contributed by atoms with E-state index < -0.39 is 6.09 Å². The average molecular weight is 185 g/mol. The number of nitrogens with zero attached hydrogens (tertiary/aromatic N) is 1. The largest absolute Gasteiger partial charge is 0.465 e. The lowest BCUT2D eigenvalue weighted by atomic mass is 10.1. The minimum atomic E-state index is -0.736. The summed E-state index contributed by atoms with van der Waals surface area (Å²) in [6, 6.07) is 0.282. The monoisotopic (exact) mass is 185 g/mol. The van der Waals surface area contributed by atoms with E-state index in [4.69, 9.17) is 5.11 Å². The smallest absolute Gasteiger partial charge is 0.407 e. The summed E-state index contributed by atoms with van der Waals surface area (Å²) >= 11 is 0. The SMILES string of the molecule is CCC[C@H]1CCCCCN1C(=O)O. The zero-order valence-corrected chi connectivity index (χ0v) is 8.33. The zero-order valence-electron chi connectivity index (χ0n) is 8.33. The summed E-state index contributed by atoms with van der Waals surface area (Å²) in [5, 5.41) is 8.99. The third kappa shape index (κ3) is 2.90. The third-order valence-corrected chi connectivity index (χ3v) is 2.74. The van der Waals surface area contributed by atoms with E-state index in [0.29, 0.717) is 0 Å². The first-order valence-electron chi connectivity index (χ1n) is 5.25. The summed E-state index contributed by atoms with van der Waals surface area (Å²) in [5.41, 5.74) is 0. The van der Waals surface area contributed by atoms with Crippen LogP contribution in [0.1, 0.15) is 45.4 Å². The van der Waals surface area contributed by atoms with E-state index in [2.05, 4.69) is 6.92 Å². The normalized spacial score (nSPS) is 24.1. The first kappa shape index (κ1) is 10.4. The Balaban J connectivity index is 2.55. The molecule has 0 aliphatic carbocycles. The summed E-state index contributed by atoms with van der Waals surface area (Å²) in [6.45, 7) is 2.85. The first-order chi connectivity index (χ1) is 6.25. The van der Waals surface area contributed by atoms with E-state index in [-0.39, 0.29) is 6.04 Å². The molecule has 0 aromatic carbocycles. The van der Waals surface area contributed by atoms with Gasteiger partial charge in [-0.1, -0.05) is 26.2 Å². The van der Waals surface area contributed by atoms with Gasteiger partial charge in [0.1, 0.15) is 0 Å². The highest BCUT2D eigenvalue weighted by Gasteiger charge is 2.23. The lowest BCUT2D eigenvalue weighted by Gasteiger charge is -2.26. The van der Waals surface area contributed by atoms with Crippen LogP contribution in [0.5, 0.6) is 0 Å². The second-order valence-corrected chi connectivity index (χ2v) is 3.77. The number of carbonyl (C=O) groups is 1. The Bertz CT molecular complexity index is 170. The Hall–Kier alpha value is -0.730. The van der Waals surface area contributed by atoms with Gasteiger partial charge in [0.25, 0.3) is 0 Å². The van der Waals surface area contributed by atoms with Gasteiger partial charge >= 0.3 is 6.09 Å². The van der Waals surface area contributed by atoms with Crippen LogP contribution in [0, 0.1) is 0 Å². The molecule has 0 spiro atoms. The van der Waals surface area contributed by atoms with Crippen molar-refractivity contribution in [2.75, 3.05) is 6.54 Å². The maximum absolute atomic E-state index is 10.9. The Morgan fingerprint density at radius 3 is 2.85 bits per heavy atom. The van der Waals surface area contributed by atoms with Gasteiger partial charge in [-0.05, 0) is 19.3 Å². The first-order valence-corrected chi connectivity index (χ1v) is 5.25. The van der Waals surface area contributed by atoms with Gasteiger partial charge in [-0.15, -0.1) is 0 Å². The van der Waals surface area contributed by atoms with Crippen LogP contribution in [-0.4, -0.2) is 28.7 Å². The van der Waals surface area contributed by atoms with Crippen LogP contribution in [-0.2, 0) is 0 Å². The van der Waals surface area contributed by atoms with Crippen molar-refractivity contribution in [1.82, 2.24) is 4.90 Å². The van der Waals surface area contributed by atoms with Gasteiger partial charge in [-0.25, -0.2) is 4.79 Å². The molecule has 0 saturated carbocycles. The summed E-state index contributed by atoms with van der Waals surface area (Å²) in [7, 11) is 0. The lowest BCUT2D eigenvalue weighted by molar-refractivity contribution is 0.122. The van der Waals surface area contributed by atoms with Crippen LogP contribution in [0.4, 0.5) is 4.79 Å². The standard InChI is InChI=1S/C10H19NO2/c1-2-6-9-7-4-3-5-8-11(9)10(12)13/h9H,2-8H2,1H3,(H,12,13)/t9-/m0/s1. The number of carboxylic acid groups (broad SMARTS) is 1. The second-order valence-electron chi connectivity index (χ2n) is 3.77. The average Bonchev–Trinajstić information content (AvgIpc) is 2.30. The molecule has 1 heterocycles. The van der Waals surface area contributed by atoms with E-state index in [1.165, 1.54) is 12.8 Å². The van der Waals surface area contributed by atoms with Gasteiger partial charge in [0.15, 0.2) is 0 Å². The highest BCUT2D eigenvalue weighted by Crippen LogP contribution is 2.20. The van der Waals surface area contributed by atoms with Crippen molar-refractivity contribution in [2.45, 2.75) is 51.5 Å². The number of hydrogen-bond donors (Lipinski definition) is 1. The molecule has 1 N–H and O–H groups in total. The molecular formula is C10H19NO2. The van der Waals surface area contributed by atoms with Gasteiger partial charge in [0.2, 0.25) is 0 Å². The van der Waals surface area contributed by atoms with Gasteiger partial charge in [0.05, 0.1) is 0 Å². The molecule has 1 rings (SSSR count). The fourth-order valence-corrected chi connectivity index (χ4v) is 2.06. The van der Waals surface area contributed by atoms with Crippen molar-refractivity contribution in [3.63, 3.8) is 0 Å². The molecule has 3 heteroatoms. The molecule has 76 valence electrons. The fourth-order valence-electron chi connectivity index (χ4n) is 2.06. The summed E-state index contributed by atoms with van der Waals surface area (Å²) < 4.78 is 0. The minimum absolute atomic E-state index is 0.282. The highest BCUT2D eigenvalue weighted by molar-refractivity contribution is 5.65. The number of rotatable bonds is 2. The Morgan fingerprint density at radius 1 is 1.46 bits per heavy atom. The quantitative estimate of drug-likeness (QED) is 0.718. The summed E-state index contributed by atoms with van der Waals surface area (Å²) in [4.78, 5) is 12.6. The molecule has 1 fully saturated rings. The highest BCUT2D eigenvalue weighted by atomic mass is 16.4. The van der Waals surface area contributed by atoms with Crippen molar-refractivity contribution in [1.29, 1.82) is 0 Å². The van der Waals surface area contributed by atoms with Crippen LogP contribution >= 0.6 is 0 Å². The maximum Gasteiger partial charge on any atom is 0.407 e. The molecule has 0 bridgehead atoms. The van der Waals surface area contributed by atoms with E-state index >= 15 is 0 Å². The number of hydrogen-bond acceptors (Lipinski definition) is 1. The van der Waals surface area contributed by atoms with E-state index in [1.54, 1.807) is 4.90 Å². The molecule has 0 unspecified atom stereocenters. The summed E-state index contributed by atoms with van der Waals surface area (Å²) in [6.07, 6.45) is 5.83. The van der Waals surface area contributed by atoms with Crippen LogP contribution in [0.25, 0.3) is 0 Å². The van der Waals surface area contributed by atoms with Gasteiger partial charge in [-0.2, -0.15) is 0 Å². The molecule has 0 aromatic rings. The Morgan fingerprint density at radius 2 is 2.23 bits per heavy atom. The third-order valence-electron chi connectivity index (χ3n) is 2.74. The molecule has 0 radical (unpaired) electrons. The zero-order chi connectivity index (χ0) is 9.68. The Kier molecular flexibility index (Phi) is 4.06. The summed E-state index contributed by atoms with van der Waals surface area (Å²) in [5.74, 6) is 0. The van der Waals surface area contributed by atoms with Crippen LogP contribution < -0.4 is 0 Å². The molecule has 1 aliphatic heterocycles. The van der Waals surface area contributed by atoms with Gasteiger partial charge in [0, 0.05) is 12.6 Å². The van der Waals surface area contributed by atoms with Gasteiger partial charge < -0.3 is 10.0 Å². The fraction of sp³-hybridized carbons (Fsp3) is 0.900. The van der Waals surface area contributed by atoms with E-state index in [9.17, 15) is 4.79 Å². The molecule has 1 aliphatic rings. The van der Waals surface area contributed by atoms with Gasteiger partial charge in [-0.3, -0.25) is 0 Å². The van der Waals surface area contributed by atoms with Crippen molar-refractivity contribution in [3.8, 4) is 0 Å². The lowest BCUT2D eigenvalue weighted by Crippen LogP contribution is -2.38. The minimum Gasteiger partial charge on any atom is -0.465 e. The number of likely N-dealkylation sites (tertiary alicyclic amines) is 1.